The van der Waals surface area contributed by atoms with Crippen molar-refractivity contribution in [3.63, 3.8) is 0 Å². The highest BCUT2D eigenvalue weighted by molar-refractivity contribution is 5.19. The van der Waals surface area contributed by atoms with E-state index in [1.807, 2.05) is 5.57 Å². The molecule has 0 nitrogen and oxygen atoms in total. The highest BCUT2D eigenvalue weighted by Crippen LogP contribution is 2.60. The molecule has 0 heteroatoms. The van der Waals surface area contributed by atoms with Gasteiger partial charge in [-0.3, -0.25) is 0 Å². The number of fused-ring (bicyclic) bond motifs is 5. The Bertz CT molecular complexity index is 226. The Morgan fingerprint density at radius 2 is 2.00 bits per heavy atom. The van der Waals surface area contributed by atoms with Gasteiger partial charge in [0.1, 0.15) is 0 Å². The molecule has 0 aliphatic heterocycles. The number of allylic oxidation sites excluding steroid dienone is 2. The van der Waals surface area contributed by atoms with E-state index in [0.29, 0.717) is 0 Å². The van der Waals surface area contributed by atoms with Crippen LogP contribution in [0.2, 0.25) is 0 Å². The van der Waals surface area contributed by atoms with Crippen LogP contribution < -0.4 is 0 Å². The molecule has 0 aromatic carbocycles. The van der Waals surface area contributed by atoms with E-state index in [1.165, 1.54) is 12.8 Å². The Labute approximate surface area is 75.0 Å². The van der Waals surface area contributed by atoms with Crippen LogP contribution in [0.3, 0.4) is 0 Å². The van der Waals surface area contributed by atoms with Gasteiger partial charge >= 0.3 is 0 Å². The summed E-state index contributed by atoms with van der Waals surface area (Å²) in [7, 11) is 0. The van der Waals surface area contributed by atoms with Crippen LogP contribution in [-0.4, -0.2) is 0 Å². The summed E-state index contributed by atoms with van der Waals surface area (Å²) in [6, 6.07) is 0. The molecule has 3 saturated carbocycles. The average molecular weight is 162 g/mol. The highest BCUT2D eigenvalue weighted by atomic mass is 14.6. The Morgan fingerprint density at radius 1 is 1.17 bits per heavy atom. The molecule has 0 amide bonds. The normalized spacial score (nSPS) is 53.6. The summed E-state index contributed by atoms with van der Waals surface area (Å²) >= 11 is 0. The second kappa shape index (κ2) is 2.37. The van der Waals surface area contributed by atoms with Crippen molar-refractivity contribution in [1.82, 2.24) is 0 Å². The predicted octanol–water partition coefficient (Wildman–Crippen LogP) is 3.39. The van der Waals surface area contributed by atoms with Gasteiger partial charge in [-0.1, -0.05) is 11.6 Å². The van der Waals surface area contributed by atoms with Crippen molar-refractivity contribution in [2.45, 2.75) is 39.0 Å². The third-order valence-electron chi connectivity index (χ3n) is 4.65. The minimum Gasteiger partial charge on any atom is -0.0882 e. The molecule has 0 radical (unpaired) electrons. The summed E-state index contributed by atoms with van der Waals surface area (Å²) in [5.41, 5.74) is 1.81. The highest BCUT2D eigenvalue weighted by Gasteiger charge is 2.50. The van der Waals surface area contributed by atoms with Gasteiger partial charge in [0.2, 0.25) is 0 Å². The van der Waals surface area contributed by atoms with Crippen LogP contribution in [0.4, 0.5) is 0 Å². The van der Waals surface area contributed by atoms with Crippen molar-refractivity contribution < 1.29 is 0 Å². The van der Waals surface area contributed by atoms with Crippen molar-refractivity contribution in [3.8, 4) is 0 Å². The van der Waals surface area contributed by atoms with E-state index in [1.54, 1.807) is 19.3 Å². The molecule has 0 aromatic heterocycles. The molecule has 3 fully saturated rings. The average Bonchev–Trinajstić information content (AvgIpc) is 2.76. The minimum atomic E-state index is 1.05. The standard InChI is InChI=1S/C12H18/c1-2-8-5-6-11-9-3-4-10(7-9)12(8)11/h2,9-12H,3-7H2,1H3/b8-2+. The molecule has 0 spiro atoms. The van der Waals surface area contributed by atoms with Crippen molar-refractivity contribution in [2.75, 3.05) is 0 Å². The fourth-order valence-electron chi connectivity index (χ4n) is 4.24. The van der Waals surface area contributed by atoms with Gasteiger partial charge in [0.15, 0.2) is 0 Å². The first kappa shape index (κ1) is 7.17. The van der Waals surface area contributed by atoms with E-state index in [-0.39, 0.29) is 0 Å². The van der Waals surface area contributed by atoms with E-state index in [4.69, 9.17) is 0 Å². The number of hydrogen-bond acceptors (Lipinski definition) is 0. The predicted molar refractivity (Wildman–Crippen MR) is 50.8 cm³/mol. The Kier molecular flexibility index (Phi) is 1.42. The molecule has 2 bridgehead atoms. The van der Waals surface area contributed by atoms with Crippen LogP contribution >= 0.6 is 0 Å². The molecule has 66 valence electrons. The summed E-state index contributed by atoms with van der Waals surface area (Å²) in [4.78, 5) is 0. The zero-order valence-corrected chi connectivity index (χ0v) is 7.92. The lowest BCUT2D eigenvalue weighted by Crippen LogP contribution is -2.17. The zero-order chi connectivity index (χ0) is 8.13. The molecular formula is C12H18. The zero-order valence-electron chi connectivity index (χ0n) is 7.92. The molecule has 3 rings (SSSR count). The van der Waals surface area contributed by atoms with E-state index in [2.05, 4.69) is 13.0 Å². The second-order valence-corrected chi connectivity index (χ2v) is 4.93. The van der Waals surface area contributed by atoms with Crippen LogP contribution in [0.25, 0.3) is 0 Å². The van der Waals surface area contributed by atoms with Gasteiger partial charge in [0.25, 0.3) is 0 Å². The lowest BCUT2D eigenvalue weighted by atomic mass is 9.80. The van der Waals surface area contributed by atoms with E-state index in [9.17, 15) is 0 Å². The number of hydrogen-bond donors (Lipinski definition) is 0. The maximum absolute atomic E-state index is 2.41. The summed E-state index contributed by atoms with van der Waals surface area (Å²) in [5, 5.41) is 0. The van der Waals surface area contributed by atoms with Gasteiger partial charge in [0, 0.05) is 0 Å². The minimum absolute atomic E-state index is 1.05. The second-order valence-electron chi connectivity index (χ2n) is 4.93. The van der Waals surface area contributed by atoms with Crippen LogP contribution in [0.5, 0.6) is 0 Å². The van der Waals surface area contributed by atoms with Gasteiger partial charge in [-0.15, -0.1) is 0 Å². The van der Waals surface area contributed by atoms with Gasteiger partial charge in [-0.25, -0.2) is 0 Å². The topological polar surface area (TPSA) is 0 Å². The number of rotatable bonds is 0. The molecular weight excluding hydrogens is 144 g/mol. The van der Waals surface area contributed by atoms with E-state index < -0.39 is 0 Å². The molecule has 0 saturated heterocycles. The van der Waals surface area contributed by atoms with E-state index in [0.717, 1.165) is 23.7 Å². The van der Waals surface area contributed by atoms with Crippen molar-refractivity contribution >= 4 is 0 Å². The van der Waals surface area contributed by atoms with Crippen LogP contribution in [0.1, 0.15) is 39.0 Å². The Hall–Kier alpha value is -0.260. The van der Waals surface area contributed by atoms with E-state index >= 15 is 0 Å². The SMILES string of the molecule is C/C=C1\CCC2C3CCC(C3)C12. The lowest BCUT2D eigenvalue weighted by molar-refractivity contribution is 0.283. The van der Waals surface area contributed by atoms with Crippen molar-refractivity contribution in [1.29, 1.82) is 0 Å². The Morgan fingerprint density at radius 3 is 2.83 bits per heavy atom. The van der Waals surface area contributed by atoms with Crippen LogP contribution in [0, 0.1) is 23.7 Å². The molecule has 12 heavy (non-hydrogen) atoms. The van der Waals surface area contributed by atoms with Gasteiger partial charge < -0.3 is 0 Å². The largest absolute Gasteiger partial charge is 0.0882 e. The summed E-state index contributed by atoms with van der Waals surface area (Å²) in [6.45, 7) is 2.24. The molecule has 0 aromatic rings. The maximum atomic E-state index is 2.41. The van der Waals surface area contributed by atoms with Crippen LogP contribution in [0.15, 0.2) is 11.6 Å². The third-order valence-corrected chi connectivity index (χ3v) is 4.65. The fourth-order valence-corrected chi connectivity index (χ4v) is 4.24. The van der Waals surface area contributed by atoms with Gasteiger partial charge in [0.05, 0.1) is 0 Å². The smallest absolute Gasteiger partial charge is 0.0144 e. The molecule has 0 heterocycles. The monoisotopic (exact) mass is 162 g/mol. The molecule has 4 unspecified atom stereocenters. The first-order valence-corrected chi connectivity index (χ1v) is 5.55. The molecule has 3 aliphatic carbocycles. The maximum Gasteiger partial charge on any atom is -0.0144 e. The summed E-state index contributed by atoms with van der Waals surface area (Å²) < 4.78 is 0. The first-order chi connectivity index (χ1) is 5.90. The lowest BCUT2D eigenvalue weighted by Gasteiger charge is -2.25. The quantitative estimate of drug-likeness (QED) is 0.479. The van der Waals surface area contributed by atoms with Crippen LogP contribution in [-0.2, 0) is 0 Å². The molecule has 4 atom stereocenters. The van der Waals surface area contributed by atoms with Gasteiger partial charge in [-0.2, -0.15) is 0 Å². The Balaban J connectivity index is 1.94. The fraction of sp³-hybridized carbons (Fsp3) is 0.833. The molecule has 0 N–H and O–H groups in total. The van der Waals surface area contributed by atoms with Gasteiger partial charge in [-0.05, 0) is 62.7 Å². The van der Waals surface area contributed by atoms with Crippen molar-refractivity contribution in [2.24, 2.45) is 23.7 Å². The third kappa shape index (κ3) is 0.739. The van der Waals surface area contributed by atoms with Crippen molar-refractivity contribution in [3.05, 3.63) is 11.6 Å². The first-order valence-electron chi connectivity index (χ1n) is 5.55. The summed E-state index contributed by atoms with van der Waals surface area (Å²) in [5.74, 6) is 4.41. The molecule has 3 aliphatic rings. The summed E-state index contributed by atoms with van der Waals surface area (Å²) in [6.07, 6.45) is 10.0.